The molecular weight excluding hydrogens is 334 g/mol. The molecule has 1 atom stereocenters. The Labute approximate surface area is 146 Å². The predicted octanol–water partition coefficient (Wildman–Crippen LogP) is 2.02. The van der Waals surface area contributed by atoms with Crippen molar-refractivity contribution in [2.45, 2.75) is 13.0 Å². The zero-order valence-corrected chi connectivity index (χ0v) is 13.7. The average Bonchev–Trinajstić information content (AvgIpc) is 3.33. The number of hydrogen-bond acceptors (Lipinski definition) is 7. The molecule has 0 bridgehead atoms. The van der Waals surface area contributed by atoms with Crippen LogP contribution in [0.15, 0.2) is 51.9 Å². The van der Waals surface area contributed by atoms with Crippen molar-refractivity contribution in [3.63, 3.8) is 0 Å². The molecule has 0 saturated carbocycles. The van der Waals surface area contributed by atoms with Gasteiger partial charge in [0.2, 0.25) is 5.95 Å². The molecule has 0 fully saturated rings. The summed E-state index contributed by atoms with van der Waals surface area (Å²) in [5, 5.41) is 21.6. The van der Waals surface area contributed by atoms with E-state index in [-0.39, 0.29) is 5.56 Å². The molecule has 2 N–H and O–H groups in total. The van der Waals surface area contributed by atoms with Crippen molar-refractivity contribution in [2.75, 3.05) is 5.32 Å². The highest BCUT2D eigenvalue weighted by atomic mass is 16.3. The molecule has 0 saturated heterocycles. The molecule has 0 spiro atoms. The van der Waals surface area contributed by atoms with Gasteiger partial charge in [-0.2, -0.15) is 9.78 Å². The van der Waals surface area contributed by atoms with Crippen molar-refractivity contribution in [3.8, 4) is 11.5 Å². The molecular formula is C17H13N7O2. The monoisotopic (exact) mass is 347 g/mol. The highest BCUT2D eigenvalue weighted by Crippen LogP contribution is 2.40. The van der Waals surface area contributed by atoms with Crippen molar-refractivity contribution < 1.29 is 4.42 Å². The highest BCUT2D eigenvalue weighted by molar-refractivity contribution is 5.73. The van der Waals surface area contributed by atoms with E-state index >= 15 is 0 Å². The summed E-state index contributed by atoms with van der Waals surface area (Å²) in [7, 11) is 0. The lowest BCUT2D eigenvalue weighted by atomic mass is 9.94. The molecule has 4 heterocycles. The van der Waals surface area contributed by atoms with Crippen LogP contribution in [-0.2, 0) is 0 Å². The number of anilines is 2. The van der Waals surface area contributed by atoms with Crippen LogP contribution in [0.5, 0.6) is 0 Å². The van der Waals surface area contributed by atoms with Gasteiger partial charge in [-0.15, -0.1) is 0 Å². The summed E-state index contributed by atoms with van der Waals surface area (Å²) < 4.78 is 7.16. The number of fused-ring (bicyclic) bond motifs is 2. The van der Waals surface area contributed by atoms with Crippen molar-refractivity contribution in [1.29, 1.82) is 0 Å². The van der Waals surface area contributed by atoms with Crippen LogP contribution in [0.25, 0.3) is 11.5 Å². The van der Waals surface area contributed by atoms with Crippen molar-refractivity contribution >= 4 is 11.6 Å². The molecule has 9 nitrogen and oxygen atoms in total. The van der Waals surface area contributed by atoms with Gasteiger partial charge in [0, 0.05) is 5.56 Å². The third-order valence-corrected chi connectivity index (χ3v) is 4.42. The molecule has 4 aromatic rings. The zero-order chi connectivity index (χ0) is 17.7. The Bertz CT molecular complexity index is 1140. The number of nitrogens with one attached hydrogen (secondary N) is 2. The largest absolute Gasteiger partial charge is 0.463 e. The molecule has 0 unspecified atom stereocenters. The van der Waals surface area contributed by atoms with Crippen LogP contribution in [0.2, 0.25) is 0 Å². The Kier molecular flexibility index (Phi) is 3.02. The Morgan fingerprint density at radius 1 is 1.19 bits per heavy atom. The Morgan fingerprint density at radius 2 is 2.04 bits per heavy atom. The fourth-order valence-corrected chi connectivity index (χ4v) is 3.20. The van der Waals surface area contributed by atoms with Gasteiger partial charge in [-0.05, 0) is 35.0 Å². The number of aromatic amines is 1. The maximum Gasteiger partial charge on any atom is 0.288 e. The number of aryl methyl sites for hydroxylation is 1. The van der Waals surface area contributed by atoms with Crippen molar-refractivity contribution in [2.24, 2.45) is 0 Å². The van der Waals surface area contributed by atoms with Gasteiger partial charge < -0.3 is 9.73 Å². The normalized spacial score (nSPS) is 15.2. The number of rotatable bonds is 2. The maximum absolute atomic E-state index is 12.5. The first-order chi connectivity index (χ1) is 12.7. The lowest BCUT2D eigenvalue weighted by molar-refractivity contribution is 0.554. The fourth-order valence-electron chi connectivity index (χ4n) is 3.20. The van der Waals surface area contributed by atoms with Gasteiger partial charge in [-0.3, -0.25) is 4.79 Å². The SMILES string of the molecule is Cc1ccc([C@H]2c3c(-c4ccco4)n[nH]c(=O)c3Nc3nnnn32)cc1. The first-order valence-corrected chi connectivity index (χ1v) is 8.00. The van der Waals surface area contributed by atoms with Gasteiger partial charge in [0.05, 0.1) is 6.26 Å². The molecule has 1 aromatic carbocycles. The quantitative estimate of drug-likeness (QED) is 0.502. The van der Waals surface area contributed by atoms with E-state index in [2.05, 4.69) is 31.0 Å². The predicted molar refractivity (Wildman–Crippen MR) is 92.1 cm³/mol. The molecule has 9 heteroatoms. The summed E-state index contributed by atoms with van der Waals surface area (Å²) in [6.45, 7) is 2.02. The minimum absolute atomic E-state index is 0.346. The summed E-state index contributed by atoms with van der Waals surface area (Å²) in [4.78, 5) is 12.5. The number of benzene rings is 1. The van der Waals surface area contributed by atoms with Crippen LogP contribution < -0.4 is 10.9 Å². The minimum Gasteiger partial charge on any atom is -0.463 e. The van der Waals surface area contributed by atoms with E-state index in [1.165, 1.54) is 0 Å². The number of aromatic nitrogens is 6. The van der Waals surface area contributed by atoms with E-state index < -0.39 is 6.04 Å². The summed E-state index contributed by atoms with van der Waals surface area (Å²) in [5.41, 5.74) is 3.28. The lowest BCUT2D eigenvalue weighted by Crippen LogP contribution is -2.29. The van der Waals surface area contributed by atoms with E-state index in [0.717, 1.165) is 11.1 Å². The molecule has 3 aromatic heterocycles. The van der Waals surface area contributed by atoms with Crippen molar-refractivity contribution in [3.05, 3.63) is 69.7 Å². The minimum atomic E-state index is -0.410. The van der Waals surface area contributed by atoms with E-state index in [1.807, 2.05) is 31.2 Å². The molecule has 1 aliphatic heterocycles. The summed E-state index contributed by atoms with van der Waals surface area (Å²) in [6.07, 6.45) is 1.56. The van der Waals surface area contributed by atoms with E-state index in [0.29, 0.717) is 28.7 Å². The van der Waals surface area contributed by atoms with Crippen LogP contribution in [0.4, 0.5) is 11.6 Å². The van der Waals surface area contributed by atoms with Crippen LogP contribution in [0.3, 0.4) is 0 Å². The van der Waals surface area contributed by atoms with Crippen LogP contribution >= 0.6 is 0 Å². The maximum atomic E-state index is 12.5. The topological polar surface area (TPSA) is 115 Å². The number of H-pyrrole nitrogens is 1. The number of hydrogen-bond donors (Lipinski definition) is 2. The Balaban J connectivity index is 1.83. The Hall–Kier alpha value is -3.75. The molecule has 26 heavy (non-hydrogen) atoms. The van der Waals surface area contributed by atoms with E-state index in [9.17, 15) is 4.79 Å². The molecule has 0 radical (unpaired) electrons. The number of nitrogens with zero attached hydrogens (tertiary/aromatic N) is 5. The summed E-state index contributed by atoms with van der Waals surface area (Å²) in [5.74, 6) is 0.943. The van der Waals surface area contributed by atoms with Gasteiger partial charge in [0.25, 0.3) is 5.56 Å². The number of tetrazole rings is 1. The summed E-state index contributed by atoms with van der Waals surface area (Å²) >= 11 is 0. The zero-order valence-electron chi connectivity index (χ0n) is 13.7. The lowest BCUT2D eigenvalue weighted by Gasteiger charge is -2.27. The third-order valence-electron chi connectivity index (χ3n) is 4.42. The smallest absolute Gasteiger partial charge is 0.288 e. The molecule has 128 valence electrons. The van der Waals surface area contributed by atoms with Gasteiger partial charge >= 0.3 is 0 Å². The van der Waals surface area contributed by atoms with Crippen LogP contribution in [-0.4, -0.2) is 30.4 Å². The third kappa shape index (κ3) is 2.07. The second-order valence-electron chi connectivity index (χ2n) is 6.05. The number of furan rings is 1. The molecule has 5 rings (SSSR count). The highest BCUT2D eigenvalue weighted by Gasteiger charge is 2.34. The van der Waals surface area contributed by atoms with Gasteiger partial charge in [0.15, 0.2) is 5.76 Å². The van der Waals surface area contributed by atoms with E-state index in [1.54, 1.807) is 23.1 Å². The molecule has 0 amide bonds. The van der Waals surface area contributed by atoms with Gasteiger partial charge in [-0.25, -0.2) is 5.10 Å². The first-order valence-electron chi connectivity index (χ1n) is 8.00. The first kappa shape index (κ1) is 14.6. The fraction of sp³-hybridized carbons (Fsp3) is 0.118. The standard InChI is InChI=1S/C17H13N7O2/c1-9-4-6-10(7-5-9)15-12-13(11-3-2-8-26-11)19-20-16(25)14(12)18-17-21-22-23-24(15)17/h2-8,15H,1H3,(H,20,25)(H,18,21,23)/t15-/m0/s1. The molecule has 0 aliphatic carbocycles. The van der Waals surface area contributed by atoms with Crippen LogP contribution in [0.1, 0.15) is 22.7 Å². The van der Waals surface area contributed by atoms with Crippen molar-refractivity contribution in [1.82, 2.24) is 30.4 Å². The van der Waals surface area contributed by atoms with E-state index in [4.69, 9.17) is 4.42 Å². The Morgan fingerprint density at radius 3 is 2.81 bits per heavy atom. The van der Waals surface area contributed by atoms with Gasteiger partial charge in [0.1, 0.15) is 17.4 Å². The van der Waals surface area contributed by atoms with Gasteiger partial charge in [-0.1, -0.05) is 34.9 Å². The average molecular weight is 347 g/mol. The second kappa shape index (κ2) is 5.38. The second-order valence-corrected chi connectivity index (χ2v) is 6.05. The summed E-state index contributed by atoms with van der Waals surface area (Å²) in [6, 6.07) is 11.2. The van der Waals surface area contributed by atoms with Crippen LogP contribution in [0, 0.1) is 6.92 Å². The molecule has 1 aliphatic rings.